The van der Waals surface area contributed by atoms with Gasteiger partial charge >= 0.3 is 0 Å². The maximum Gasteiger partial charge on any atom is 0.226 e. The average molecular weight is 391 g/mol. The van der Waals surface area contributed by atoms with E-state index < -0.39 is 0 Å². The van der Waals surface area contributed by atoms with Crippen LogP contribution in [-0.4, -0.2) is 55.4 Å². The first-order valence-corrected chi connectivity index (χ1v) is 10.0. The molecule has 8 heteroatoms. The first-order chi connectivity index (χ1) is 14.2. The zero-order valence-electron chi connectivity index (χ0n) is 16.6. The Morgan fingerprint density at radius 2 is 1.79 bits per heavy atom. The molecule has 0 radical (unpaired) electrons. The van der Waals surface area contributed by atoms with Gasteiger partial charge in [0.25, 0.3) is 0 Å². The predicted octanol–water partition coefficient (Wildman–Crippen LogP) is 2.32. The molecule has 0 atom stereocenters. The second kappa shape index (κ2) is 8.81. The SMILES string of the molecule is CCN(Cc1ccccc1)C(=O)C1CCN(c2ccc(-n3cncn3)nn2)CC1. The molecule has 8 nitrogen and oxygen atoms in total. The molecule has 0 N–H and O–H groups in total. The summed E-state index contributed by atoms with van der Waals surface area (Å²) >= 11 is 0. The fourth-order valence-corrected chi connectivity index (χ4v) is 3.70. The lowest BCUT2D eigenvalue weighted by Gasteiger charge is -2.34. The Kier molecular flexibility index (Phi) is 5.79. The maximum atomic E-state index is 13.0. The third-order valence-corrected chi connectivity index (χ3v) is 5.37. The van der Waals surface area contributed by atoms with Crippen LogP contribution in [0.15, 0.2) is 55.1 Å². The molecule has 1 aromatic carbocycles. The van der Waals surface area contributed by atoms with Gasteiger partial charge in [-0.1, -0.05) is 30.3 Å². The van der Waals surface area contributed by atoms with Crippen molar-refractivity contribution >= 4 is 11.7 Å². The van der Waals surface area contributed by atoms with Crippen LogP contribution in [0, 0.1) is 5.92 Å². The highest BCUT2D eigenvalue weighted by molar-refractivity contribution is 5.79. The number of anilines is 1. The van der Waals surface area contributed by atoms with Crippen molar-refractivity contribution in [3.63, 3.8) is 0 Å². The summed E-state index contributed by atoms with van der Waals surface area (Å²) < 4.78 is 1.58. The Hall–Kier alpha value is -3.29. The van der Waals surface area contributed by atoms with Crippen molar-refractivity contribution in [2.45, 2.75) is 26.3 Å². The number of carbonyl (C=O) groups is 1. The Bertz CT molecular complexity index is 904. The molecule has 0 unspecified atom stereocenters. The summed E-state index contributed by atoms with van der Waals surface area (Å²) in [6.45, 7) is 5.05. The minimum Gasteiger partial charge on any atom is -0.355 e. The van der Waals surface area contributed by atoms with Crippen molar-refractivity contribution in [2.24, 2.45) is 5.92 Å². The molecule has 150 valence electrons. The molecule has 2 aromatic heterocycles. The molecular formula is C21H25N7O. The third kappa shape index (κ3) is 4.42. The fourth-order valence-electron chi connectivity index (χ4n) is 3.70. The zero-order chi connectivity index (χ0) is 20.1. The van der Waals surface area contributed by atoms with E-state index in [1.54, 1.807) is 11.0 Å². The van der Waals surface area contributed by atoms with Crippen LogP contribution in [0.1, 0.15) is 25.3 Å². The number of benzene rings is 1. The molecular weight excluding hydrogens is 366 g/mol. The van der Waals surface area contributed by atoms with Crippen molar-refractivity contribution < 1.29 is 4.79 Å². The molecule has 1 aliphatic rings. The highest BCUT2D eigenvalue weighted by Gasteiger charge is 2.28. The molecule has 0 saturated carbocycles. The maximum absolute atomic E-state index is 13.0. The van der Waals surface area contributed by atoms with Crippen molar-refractivity contribution in [3.8, 4) is 5.82 Å². The van der Waals surface area contributed by atoms with E-state index in [4.69, 9.17) is 0 Å². The van der Waals surface area contributed by atoms with Gasteiger partial charge in [-0.3, -0.25) is 4.79 Å². The Balaban J connectivity index is 1.34. The normalized spacial score (nSPS) is 14.7. The number of piperidine rings is 1. The van der Waals surface area contributed by atoms with Crippen molar-refractivity contribution in [1.29, 1.82) is 0 Å². The number of carbonyl (C=O) groups excluding carboxylic acids is 1. The number of amides is 1. The highest BCUT2D eigenvalue weighted by Crippen LogP contribution is 2.24. The van der Waals surface area contributed by atoms with Gasteiger partial charge in [0.15, 0.2) is 11.6 Å². The number of nitrogens with zero attached hydrogens (tertiary/aromatic N) is 7. The topological polar surface area (TPSA) is 80.0 Å². The van der Waals surface area contributed by atoms with Crippen LogP contribution in [0.4, 0.5) is 5.82 Å². The van der Waals surface area contributed by atoms with Gasteiger partial charge in [0.1, 0.15) is 12.7 Å². The van der Waals surface area contributed by atoms with E-state index in [-0.39, 0.29) is 11.8 Å². The van der Waals surface area contributed by atoms with Gasteiger partial charge in [0.05, 0.1) is 0 Å². The minimum atomic E-state index is 0.0669. The van der Waals surface area contributed by atoms with E-state index in [0.717, 1.165) is 38.3 Å². The van der Waals surface area contributed by atoms with Crippen LogP contribution in [0.5, 0.6) is 0 Å². The first-order valence-electron chi connectivity index (χ1n) is 10.0. The van der Waals surface area contributed by atoms with Gasteiger partial charge < -0.3 is 9.80 Å². The van der Waals surface area contributed by atoms with Gasteiger partial charge in [0.2, 0.25) is 5.91 Å². The van der Waals surface area contributed by atoms with Crippen LogP contribution in [0.3, 0.4) is 0 Å². The monoisotopic (exact) mass is 391 g/mol. The smallest absolute Gasteiger partial charge is 0.226 e. The van der Waals surface area contributed by atoms with Crippen molar-refractivity contribution in [3.05, 3.63) is 60.7 Å². The van der Waals surface area contributed by atoms with Crippen LogP contribution < -0.4 is 4.90 Å². The standard InChI is InChI=1S/C21H25N7O/c1-2-26(14-17-6-4-3-5-7-17)21(29)18-10-12-27(13-11-18)19-8-9-20(25-24-19)28-16-22-15-23-28/h3-9,15-16,18H,2,10-14H2,1H3. The van der Waals surface area contributed by atoms with E-state index in [1.165, 1.54) is 11.9 Å². The summed E-state index contributed by atoms with van der Waals surface area (Å²) in [6, 6.07) is 14.0. The summed E-state index contributed by atoms with van der Waals surface area (Å²) in [7, 11) is 0. The zero-order valence-corrected chi connectivity index (χ0v) is 16.6. The Morgan fingerprint density at radius 3 is 2.41 bits per heavy atom. The number of aromatic nitrogens is 5. The molecule has 0 aliphatic carbocycles. The molecule has 3 aromatic rings. The highest BCUT2D eigenvalue weighted by atomic mass is 16.2. The summed E-state index contributed by atoms with van der Waals surface area (Å²) in [4.78, 5) is 21.1. The summed E-state index contributed by atoms with van der Waals surface area (Å²) in [5, 5.41) is 12.6. The largest absolute Gasteiger partial charge is 0.355 e. The quantitative estimate of drug-likeness (QED) is 0.642. The first kappa shape index (κ1) is 19.0. The van der Waals surface area contributed by atoms with Gasteiger partial charge in [0, 0.05) is 32.1 Å². The summed E-state index contributed by atoms with van der Waals surface area (Å²) in [6.07, 6.45) is 4.72. The summed E-state index contributed by atoms with van der Waals surface area (Å²) in [5.74, 6) is 1.79. The van der Waals surface area contributed by atoms with Crippen LogP contribution in [0.25, 0.3) is 5.82 Å². The lowest BCUT2D eigenvalue weighted by atomic mass is 9.95. The number of hydrogen-bond acceptors (Lipinski definition) is 6. The lowest BCUT2D eigenvalue weighted by molar-refractivity contribution is -0.136. The van der Waals surface area contributed by atoms with Gasteiger partial charge in [-0.15, -0.1) is 10.2 Å². The van der Waals surface area contributed by atoms with E-state index in [0.29, 0.717) is 12.4 Å². The van der Waals surface area contributed by atoms with E-state index >= 15 is 0 Å². The molecule has 0 spiro atoms. The van der Waals surface area contributed by atoms with E-state index in [9.17, 15) is 4.79 Å². The summed E-state index contributed by atoms with van der Waals surface area (Å²) in [5.41, 5.74) is 1.17. The van der Waals surface area contributed by atoms with Gasteiger partial charge in [-0.2, -0.15) is 5.10 Å². The van der Waals surface area contributed by atoms with Gasteiger partial charge in [-0.05, 0) is 37.5 Å². The second-order valence-corrected chi connectivity index (χ2v) is 7.19. The molecule has 4 rings (SSSR count). The molecule has 1 aliphatic heterocycles. The Labute approximate surface area is 170 Å². The van der Waals surface area contributed by atoms with E-state index in [2.05, 4.69) is 37.3 Å². The van der Waals surface area contributed by atoms with Crippen molar-refractivity contribution in [1.82, 2.24) is 29.9 Å². The number of rotatable bonds is 6. The van der Waals surface area contributed by atoms with Gasteiger partial charge in [-0.25, -0.2) is 9.67 Å². The third-order valence-electron chi connectivity index (χ3n) is 5.37. The molecule has 29 heavy (non-hydrogen) atoms. The number of hydrogen-bond donors (Lipinski definition) is 0. The van der Waals surface area contributed by atoms with Crippen LogP contribution in [-0.2, 0) is 11.3 Å². The molecule has 0 bridgehead atoms. The van der Waals surface area contributed by atoms with Crippen LogP contribution >= 0.6 is 0 Å². The molecule has 1 amide bonds. The lowest BCUT2D eigenvalue weighted by Crippen LogP contribution is -2.42. The Morgan fingerprint density at radius 1 is 1.07 bits per heavy atom. The second-order valence-electron chi connectivity index (χ2n) is 7.19. The molecule has 1 saturated heterocycles. The minimum absolute atomic E-state index is 0.0669. The fraction of sp³-hybridized carbons (Fsp3) is 0.381. The van der Waals surface area contributed by atoms with E-state index in [1.807, 2.05) is 42.2 Å². The molecule has 3 heterocycles. The van der Waals surface area contributed by atoms with Crippen molar-refractivity contribution in [2.75, 3.05) is 24.5 Å². The van der Waals surface area contributed by atoms with Crippen LogP contribution in [0.2, 0.25) is 0 Å². The predicted molar refractivity (Wildman–Crippen MR) is 109 cm³/mol. The average Bonchev–Trinajstić information content (AvgIpc) is 3.33. The molecule has 1 fully saturated rings.